The normalized spacial score (nSPS) is 13.4. The molecule has 56 heavy (non-hydrogen) atoms. The third-order valence-electron chi connectivity index (χ3n) is 11.2. The molecule has 6 aromatic carbocycles. The van der Waals surface area contributed by atoms with Gasteiger partial charge in [-0.3, -0.25) is 0 Å². The Morgan fingerprint density at radius 3 is 1.88 bits per heavy atom. The first-order chi connectivity index (χ1) is 27.0. The molecule has 6 aromatic rings. The molecule has 0 heterocycles. The van der Waals surface area contributed by atoms with Gasteiger partial charge in [0.2, 0.25) is 0 Å². The molecule has 0 radical (unpaired) electrons. The number of hydrogen-bond acceptors (Lipinski definition) is 2. The van der Waals surface area contributed by atoms with Gasteiger partial charge in [0.15, 0.2) is 0 Å². The molecule has 0 spiro atoms. The second-order valence-corrected chi connectivity index (χ2v) is 15.3. The maximum Gasteiger partial charge on any atom is 0.0543 e. The van der Waals surface area contributed by atoms with Gasteiger partial charge in [0.1, 0.15) is 0 Å². The highest BCUT2D eigenvalue weighted by atomic mass is 15.2. The maximum atomic E-state index is 4.42. The van der Waals surface area contributed by atoms with E-state index in [1.165, 1.54) is 50.2 Å². The molecule has 2 heteroatoms. The van der Waals surface area contributed by atoms with Crippen LogP contribution in [0.25, 0.3) is 41.3 Å². The number of nitrogens with zero attached hydrogens (tertiary/aromatic N) is 2. The zero-order chi connectivity index (χ0) is 39.7. The van der Waals surface area contributed by atoms with E-state index in [9.17, 15) is 0 Å². The molecule has 0 saturated heterocycles. The Morgan fingerprint density at radius 2 is 1.27 bits per heavy atom. The van der Waals surface area contributed by atoms with E-state index in [1.54, 1.807) is 0 Å². The maximum absolute atomic E-state index is 4.42. The van der Waals surface area contributed by atoms with Crippen molar-refractivity contribution in [2.75, 3.05) is 9.80 Å². The second-order valence-electron chi connectivity index (χ2n) is 15.3. The van der Waals surface area contributed by atoms with Crippen LogP contribution in [-0.4, -0.2) is 0 Å². The van der Waals surface area contributed by atoms with Crippen molar-refractivity contribution >= 4 is 52.9 Å². The average Bonchev–Trinajstić information content (AvgIpc) is 3.41. The minimum Gasteiger partial charge on any atom is -0.310 e. The van der Waals surface area contributed by atoms with Crippen LogP contribution in [0.15, 0.2) is 153 Å². The van der Waals surface area contributed by atoms with Crippen molar-refractivity contribution in [2.24, 2.45) is 0 Å². The summed E-state index contributed by atoms with van der Waals surface area (Å²) in [5, 5.41) is 1.96. The Morgan fingerprint density at radius 1 is 0.643 bits per heavy atom. The van der Waals surface area contributed by atoms with Crippen LogP contribution in [0.4, 0.5) is 22.7 Å². The molecule has 0 N–H and O–H groups in total. The minimum absolute atomic E-state index is 0.348. The summed E-state index contributed by atoms with van der Waals surface area (Å²) in [6.07, 6.45) is 9.20. The van der Waals surface area contributed by atoms with Gasteiger partial charge in [0.05, 0.1) is 11.4 Å². The van der Waals surface area contributed by atoms with E-state index < -0.39 is 0 Å². The predicted molar refractivity (Wildman–Crippen MR) is 245 cm³/mol. The fraction of sp³-hybridized carbons (Fsp3) is 0.148. The number of hydrogen-bond donors (Lipinski definition) is 0. The monoisotopic (exact) mass is 728 g/mol. The van der Waals surface area contributed by atoms with E-state index in [-0.39, 0.29) is 5.41 Å². The highest BCUT2D eigenvalue weighted by Crippen LogP contribution is 2.55. The Hall–Kier alpha value is -6.38. The van der Waals surface area contributed by atoms with E-state index in [1.807, 2.05) is 24.3 Å². The third-order valence-corrected chi connectivity index (χ3v) is 11.2. The van der Waals surface area contributed by atoms with E-state index in [0.29, 0.717) is 0 Å². The van der Waals surface area contributed by atoms with Crippen molar-refractivity contribution in [1.82, 2.24) is 0 Å². The first-order valence-corrected chi connectivity index (χ1v) is 19.6. The number of allylic oxidation sites excluding steroid dienone is 1. The van der Waals surface area contributed by atoms with Gasteiger partial charge in [-0.25, -0.2) is 0 Å². The summed E-state index contributed by atoms with van der Waals surface area (Å²) >= 11 is 0. The minimum atomic E-state index is -0.348. The number of aryl methyl sites for hydroxylation is 3. The summed E-state index contributed by atoms with van der Waals surface area (Å²) in [6, 6.07) is 43.8. The number of fused-ring (bicyclic) bond motifs is 3. The van der Waals surface area contributed by atoms with E-state index in [0.717, 1.165) is 56.4 Å². The largest absolute Gasteiger partial charge is 0.310 e. The Balaban J connectivity index is 1.50. The van der Waals surface area contributed by atoms with Gasteiger partial charge < -0.3 is 9.80 Å². The van der Waals surface area contributed by atoms with Crippen molar-refractivity contribution in [2.45, 2.75) is 53.4 Å². The lowest BCUT2D eigenvalue weighted by Crippen LogP contribution is -2.31. The van der Waals surface area contributed by atoms with Crippen LogP contribution in [0.3, 0.4) is 0 Å². The number of rotatable bonds is 11. The molecule has 0 bridgehead atoms. The van der Waals surface area contributed by atoms with E-state index in [4.69, 9.17) is 0 Å². The van der Waals surface area contributed by atoms with Crippen LogP contribution >= 0.6 is 0 Å². The molecule has 1 aliphatic rings. The Labute approximate surface area is 334 Å². The van der Waals surface area contributed by atoms with Crippen LogP contribution in [0.5, 0.6) is 0 Å². The first kappa shape index (κ1) is 37.9. The zero-order valence-electron chi connectivity index (χ0n) is 33.8. The van der Waals surface area contributed by atoms with Gasteiger partial charge in [-0.15, -0.1) is 0 Å². The molecule has 0 aliphatic heterocycles. The molecule has 0 amide bonds. The van der Waals surface area contributed by atoms with E-state index in [2.05, 4.69) is 199 Å². The van der Waals surface area contributed by atoms with E-state index >= 15 is 0 Å². The summed E-state index contributed by atoms with van der Waals surface area (Å²) in [7, 11) is 0. The third kappa shape index (κ3) is 6.56. The van der Waals surface area contributed by atoms with Gasteiger partial charge in [0, 0.05) is 44.5 Å². The predicted octanol–water partition coefficient (Wildman–Crippen LogP) is 13.3. The summed E-state index contributed by atoms with van der Waals surface area (Å²) in [4.78, 5) is 4.76. The van der Waals surface area contributed by atoms with Crippen LogP contribution in [-0.2, 0) is 5.41 Å². The van der Waals surface area contributed by atoms with Crippen LogP contribution in [0, 0.1) is 20.8 Å². The molecule has 0 atom stereocenters. The van der Waals surface area contributed by atoms with Gasteiger partial charge >= 0.3 is 0 Å². The second kappa shape index (κ2) is 15.4. The van der Waals surface area contributed by atoms with Crippen LogP contribution < -0.4 is 20.2 Å². The molecule has 0 aromatic heterocycles. The lowest BCUT2D eigenvalue weighted by Gasteiger charge is -2.32. The van der Waals surface area contributed by atoms with Crippen LogP contribution in [0.1, 0.15) is 71.7 Å². The highest BCUT2D eigenvalue weighted by Gasteiger charge is 2.39. The van der Waals surface area contributed by atoms with Crippen molar-refractivity contribution in [3.63, 3.8) is 0 Å². The molecular formula is C54H52N2. The van der Waals surface area contributed by atoms with Crippen molar-refractivity contribution < 1.29 is 0 Å². The fourth-order valence-electron chi connectivity index (χ4n) is 8.49. The quantitative estimate of drug-likeness (QED) is 0.131. The molecule has 1 aliphatic carbocycles. The zero-order valence-corrected chi connectivity index (χ0v) is 33.8. The average molecular weight is 729 g/mol. The molecule has 7 rings (SSSR count). The topological polar surface area (TPSA) is 6.48 Å². The van der Waals surface area contributed by atoms with Crippen LogP contribution in [0.2, 0.25) is 0 Å². The van der Waals surface area contributed by atoms with Crippen molar-refractivity contribution in [1.29, 1.82) is 0 Å². The molecular weight excluding hydrogens is 677 g/mol. The van der Waals surface area contributed by atoms with Gasteiger partial charge in [-0.05, 0) is 125 Å². The van der Waals surface area contributed by atoms with Crippen molar-refractivity contribution in [3.8, 4) is 11.1 Å². The van der Waals surface area contributed by atoms with Gasteiger partial charge in [-0.2, -0.15) is 0 Å². The Kier molecular flexibility index (Phi) is 10.4. The smallest absolute Gasteiger partial charge is 0.0543 e. The van der Waals surface area contributed by atoms with Gasteiger partial charge in [0.25, 0.3) is 0 Å². The van der Waals surface area contributed by atoms with Gasteiger partial charge in [-0.1, -0.05) is 144 Å². The highest BCUT2D eigenvalue weighted by molar-refractivity contribution is 5.99. The lowest BCUT2D eigenvalue weighted by molar-refractivity contribution is 0.660. The summed E-state index contributed by atoms with van der Waals surface area (Å²) in [6.45, 7) is 31.0. The Bertz CT molecular complexity index is 2670. The standard InChI is InChI=1S/C54H52N2/c1-11-21-51(46-29-18-16-25-39(46)8)55(40-26-19-22-36(5)32-40)42-30-31-47-48(34-42)54(9,10)49-35-52(43(12-2)44(13-3)53(47)49)56(41-27-20-23-37(6)33-41)50(14-4)45-28-17-15-24-38(45)7/h12-35H,2-4,7,11H2,1,5-6,8-10H3/b50-45+,51-21+. The first-order valence-electron chi connectivity index (χ1n) is 19.6. The number of benzene rings is 6. The lowest BCUT2D eigenvalue weighted by atomic mass is 9.81. The summed E-state index contributed by atoms with van der Waals surface area (Å²) in [5.41, 5.74) is 18.0. The summed E-state index contributed by atoms with van der Waals surface area (Å²) in [5.74, 6) is 0. The molecule has 278 valence electrons. The number of anilines is 4. The summed E-state index contributed by atoms with van der Waals surface area (Å²) < 4.78 is 0. The SMILES string of the molecule is C=C/C(=c1/ccccc1=C)N(c1cccc(C)c1)c1cc2c(c(C=C)c1C=C)-c1ccc(N(/C(=C/CC)c3ccccc3C)c3cccc(C)c3)cc1C2(C)C. The molecule has 0 unspecified atom stereocenters. The molecule has 0 saturated carbocycles. The van der Waals surface area contributed by atoms with Crippen molar-refractivity contribution in [3.05, 3.63) is 208 Å². The fourth-order valence-corrected chi connectivity index (χ4v) is 8.49. The molecule has 2 nitrogen and oxygen atoms in total. The molecule has 0 fully saturated rings.